The molecule has 0 heterocycles. The predicted molar refractivity (Wildman–Crippen MR) is 76.2 cm³/mol. The second-order valence-electron chi connectivity index (χ2n) is 4.69. The Morgan fingerprint density at radius 1 is 1.22 bits per heavy atom. The van der Waals surface area contributed by atoms with Crippen LogP contribution in [0.15, 0.2) is 30.3 Å². The lowest BCUT2D eigenvalue weighted by Gasteiger charge is -2.21. The van der Waals surface area contributed by atoms with Gasteiger partial charge in [0.15, 0.2) is 0 Å². The first-order valence-corrected chi connectivity index (χ1v) is 8.23. The van der Waals surface area contributed by atoms with Crippen molar-refractivity contribution >= 4 is 21.6 Å². The molecule has 0 saturated carbocycles. The smallest absolute Gasteiger partial charge is 0.212 e. The number of hydrogen-bond donors (Lipinski definition) is 1. The van der Waals surface area contributed by atoms with Crippen LogP contribution in [0.1, 0.15) is 25.8 Å². The minimum Gasteiger partial charge on any atom is -0.212 e. The highest BCUT2D eigenvalue weighted by Gasteiger charge is 2.20. The predicted octanol–water partition coefficient (Wildman–Crippen LogP) is 2.76. The molecule has 5 heteroatoms. The quantitative estimate of drug-likeness (QED) is 0.785. The molecule has 18 heavy (non-hydrogen) atoms. The molecule has 102 valence electrons. The Morgan fingerprint density at radius 3 is 2.33 bits per heavy atom. The molecule has 0 amide bonds. The van der Waals surface area contributed by atoms with Crippen molar-refractivity contribution in [3.05, 3.63) is 35.9 Å². The van der Waals surface area contributed by atoms with E-state index in [4.69, 9.17) is 11.6 Å². The van der Waals surface area contributed by atoms with Crippen molar-refractivity contribution in [2.45, 2.75) is 32.1 Å². The molecule has 1 aromatic carbocycles. The number of rotatable bonds is 7. The van der Waals surface area contributed by atoms with Crippen LogP contribution in [0.2, 0.25) is 0 Å². The summed E-state index contributed by atoms with van der Waals surface area (Å²) in [6.07, 6.45) is 0.646. The molecule has 1 aromatic rings. The Kier molecular flexibility index (Phi) is 6.12. The Morgan fingerprint density at radius 2 is 1.83 bits per heavy atom. The largest absolute Gasteiger partial charge is 0.216 e. The maximum atomic E-state index is 12.0. The molecule has 0 aliphatic carbocycles. The highest BCUT2D eigenvalue weighted by atomic mass is 35.5. The summed E-state index contributed by atoms with van der Waals surface area (Å²) < 4.78 is 26.8. The van der Waals surface area contributed by atoms with Crippen LogP contribution in [0.25, 0.3) is 0 Å². The first-order chi connectivity index (χ1) is 8.44. The Labute approximate surface area is 115 Å². The molecule has 0 radical (unpaired) electrons. The fraction of sp³-hybridized carbons (Fsp3) is 0.538. The summed E-state index contributed by atoms with van der Waals surface area (Å²) in [6.45, 7) is 3.98. The van der Waals surface area contributed by atoms with Gasteiger partial charge in [0.25, 0.3) is 0 Å². The Bertz CT molecular complexity index is 445. The van der Waals surface area contributed by atoms with Crippen LogP contribution in [-0.2, 0) is 15.8 Å². The van der Waals surface area contributed by atoms with Crippen LogP contribution in [0.5, 0.6) is 0 Å². The van der Waals surface area contributed by atoms with E-state index in [9.17, 15) is 8.42 Å². The molecule has 3 nitrogen and oxygen atoms in total. The lowest BCUT2D eigenvalue weighted by molar-refractivity contribution is 0.438. The van der Waals surface area contributed by atoms with E-state index in [0.717, 1.165) is 5.56 Å². The molecular weight excluding hydrogens is 270 g/mol. The fourth-order valence-electron chi connectivity index (χ4n) is 1.71. The van der Waals surface area contributed by atoms with Crippen molar-refractivity contribution in [2.24, 2.45) is 5.92 Å². The van der Waals surface area contributed by atoms with Gasteiger partial charge in [-0.15, -0.1) is 11.6 Å². The number of nitrogens with one attached hydrogen (secondary N) is 1. The molecule has 0 bridgehead atoms. The van der Waals surface area contributed by atoms with Gasteiger partial charge in [0.05, 0.1) is 5.75 Å². The van der Waals surface area contributed by atoms with Crippen molar-refractivity contribution in [1.29, 1.82) is 0 Å². The van der Waals surface area contributed by atoms with Crippen LogP contribution < -0.4 is 4.72 Å². The van der Waals surface area contributed by atoms with Crippen molar-refractivity contribution in [3.8, 4) is 0 Å². The first kappa shape index (κ1) is 15.5. The van der Waals surface area contributed by atoms with Gasteiger partial charge in [0.1, 0.15) is 0 Å². The Balaban J connectivity index is 2.69. The van der Waals surface area contributed by atoms with Crippen molar-refractivity contribution in [3.63, 3.8) is 0 Å². The van der Waals surface area contributed by atoms with Gasteiger partial charge in [0, 0.05) is 11.9 Å². The zero-order valence-electron chi connectivity index (χ0n) is 10.8. The van der Waals surface area contributed by atoms with E-state index in [1.807, 2.05) is 44.2 Å². The van der Waals surface area contributed by atoms with E-state index < -0.39 is 10.0 Å². The van der Waals surface area contributed by atoms with Crippen LogP contribution in [-0.4, -0.2) is 20.3 Å². The van der Waals surface area contributed by atoms with E-state index >= 15 is 0 Å². The summed E-state index contributed by atoms with van der Waals surface area (Å²) in [5, 5.41) is 0. The van der Waals surface area contributed by atoms with Gasteiger partial charge in [-0.1, -0.05) is 44.2 Å². The average Bonchev–Trinajstić information content (AvgIpc) is 2.28. The average molecular weight is 290 g/mol. The molecule has 0 aliphatic heterocycles. The van der Waals surface area contributed by atoms with E-state index in [0.29, 0.717) is 12.3 Å². The van der Waals surface area contributed by atoms with E-state index in [2.05, 4.69) is 4.72 Å². The molecule has 1 rings (SSSR count). The molecule has 1 atom stereocenters. The second-order valence-corrected chi connectivity index (χ2v) is 6.82. The molecule has 0 saturated heterocycles. The number of halogens is 1. The van der Waals surface area contributed by atoms with E-state index in [1.165, 1.54) is 0 Å². The van der Waals surface area contributed by atoms with Gasteiger partial charge in [-0.25, -0.2) is 13.1 Å². The Hall–Kier alpha value is -0.580. The van der Waals surface area contributed by atoms with Crippen LogP contribution in [0.3, 0.4) is 0 Å². The molecule has 0 aliphatic rings. The molecule has 0 spiro atoms. The third-order valence-electron chi connectivity index (χ3n) is 2.76. The van der Waals surface area contributed by atoms with Crippen molar-refractivity contribution < 1.29 is 8.42 Å². The second kappa shape index (κ2) is 7.12. The lowest BCUT2D eigenvalue weighted by atomic mass is 10.0. The summed E-state index contributed by atoms with van der Waals surface area (Å²) in [6, 6.07) is 9.06. The number of benzene rings is 1. The highest BCUT2D eigenvalue weighted by molar-refractivity contribution is 7.88. The van der Waals surface area contributed by atoms with Crippen LogP contribution in [0.4, 0.5) is 0 Å². The molecule has 0 fully saturated rings. The normalized spacial score (nSPS) is 13.8. The van der Waals surface area contributed by atoms with Gasteiger partial charge in [-0.2, -0.15) is 0 Å². The number of hydrogen-bond acceptors (Lipinski definition) is 2. The standard InChI is InChI=1S/C13H20ClNO2S/c1-11(2)13(8-9-14)15-18(16,17)10-12-6-4-3-5-7-12/h3-7,11,13,15H,8-10H2,1-2H3. The van der Waals surface area contributed by atoms with Gasteiger partial charge < -0.3 is 0 Å². The first-order valence-electron chi connectivity index (χ1n) is 6.04. The van der Waals surface area contributed by atoms with Crippen LogP contribution >= 0.6 is 11.6 Å². The summed E-state index contributed by atoms with van der Waals surface area (Å²) in [5.74, 6) is 0.699. The van der Waals surface area contributed by atoms with Crippen molar-refractivity contribution in [2.75, 3.05) is 5.88 Å². The molecule has 0 aromatic heterocycles. The number of alkyl halides is 1. The summed E-state index contributed by atoms with van der Waals surface area (Å²) in [7, 11) is -3.31. The molecular formula is C13H20ClNO2S. The van der Waals surface area contributed by atoms with Gasteiger partial charge in [-0.05, 0) is 17.9 Å². The fourth-order valence-corrected chi connectivity index (χ4v) is 3.51. The SMILES string of the molecule is CC(C)C(CCCl)NS(=O)(=O)Cc1ccccc1. The van der Waals surface area contributed by atoms with Crippen molar-refractivity contribution in [1.82, 2.24) is 4.72 Å². The minimum absolute atomic E-state index is 0.0132. The van der Waals surface area contributed by atoms with Gasteiger partial charge in [-0.3, -0.25) is 0 Å². The number of sulfonamides is 1. The van der Waals surface area contributed by atoms with E-state index in [-0.39, 0.29) is 17.7 Å². The summed E-state index contributed by atoms with van der Waals surface area (Å²) in [5.41, 5.74) is 0.790. The zero-order valence-corrected chi connectivity index (χ0v) is 12.3. The highest BCUT2D eigenvalue weighted by Crippen LogP contribution is 2.11. The van der Waals surface area contributed by atoms with Gasteiger partial charge in [0.2, 0.25) is 10.0 Å². The maximum absolute atomic E-state index is 12.0. The third kappa shape index (κ3) is 5.38. The summed E-state index contributed by atoms with van der Waals surface area (Å²) in [4.78, 5) is 0. The lowest BCUT2D eigenvalue weighted by Crippen LogP contribution is -2.39. The monoisotopic (exact) mass is 289 g/mol. The topological polar surface area (TPSA) is 46.2 Å². The third-order valence-corrected chi connectivity index (χ3v) is 4.35. The molecule has 1 N–H and O–H groups in total. The molecule has 1 unspecified atom stereocenters. The zero-order chi connectivity index (χ0) is 13.6. The summed E-state index contributed by atoms with van der Waals surface area (Å²) >= 11 is 5.69. The van der Waals surface area contributed by atoms with E-state index in [1.54, 1.807) is 0 Å². The minimum atomic E-state index is -3.31. The van der Waals surface area contributed by atoms with Gasteiger partial charge >= 0.3 is 0 Å². The van der Waals surface area contributed by atoms with Crippen LogP contribution in [0, 0.1) is 5.92 Å². The maximum Gasteiger partial charge on any atom is 0.216 e.